The molecular weight excluding hydrogens is 410 g/mol. The van der Waals surface area contributed by atoms with Crippen LogP contribution in [0.1, 0.15) is 25.8 Å². The standard InChI is InChI=1S/C24H27N3O5/c1-4-32-24(29)26-13-11-16(12-14-26)27-22(19-10-9-17(30-2)15-21(19)31-3)25-20-8-6-5-7-18(20)23(27)28/h5-10,15-16H,4,11-14H2,1-3H3. The summed E-state index contributed by atoms with van der Waals surface area (Å²) in [6.45, 7) is 3.16. The van der Waals surface area contributed by atoms with Crippen LogP contribution in [0.5, 0.6) is 11.5 Å². The van der Waals surface area contributed by atoms with Crippen LogP contribution in [0.25, 0.3) is 22.3 Å². The van der Waals surface area contributed by atoms with E-state index >= 15 is 0 Å². The Kier molecular flexibility index (Phi) is 6.30. The average molecular weight is 437 g/mol. The van der Waals surface area contributed by atoms with Crippen LogP contribution in [0.15, 0.2) is 47.3 Å². The van der Waals surface area contributed by atoms with E-state index in [4.69, 9.17) is 19.2 Å². The van der Waals surface area contributed by atoms with Crippen molar-refractivity contribution in [1.82, 2.24) is 14.5 Å². The number of likely N-dealkylation sites (tertiary alicyclic amines) is 1. The number of carbonyl (C=O) groups is 1. The van der Waals surface area contributed by atoms with E-state index in [0.29, 0.717) is 66.3 Å². The lowest BCUT2D eigenvalue weighted by Gasteiger charge is -2.33. The fourth-order valence-corrected chi connectivity index (χ4v) is 4.18. The smallest absolute Gasteiger partial charge is 0.409 e. The molecule has 2 aromatic carbocycles. The Morgan fingerprint density at radius 3 is 2.53 bits per heavy atom. The fourth-order valence-electron chi connectivity index (χ4n) is 4.18. The van der Waals surface area contributed by atoms with Gasteiger partial charge in [-0.3, -0.25) is 9.36 Å². The Hall–Kier alpha value is -3.55. The number of hydrogen-bond acceptors (Lipinski definition) is 6. The Balaban J connectivity index is 1.81. The summed E-state index contributed by atoms with van der Waals surface area (Å²) in [4.78, 5) is 32.3. The van der Waals surface area contributed by atoms with Crippen LogP contribution in [0.3, 0.4) is 0 Å². The zero-order chi connectivity index (χ0) is 22.7. The second-order valence-electron chi connectivity index (χ2n) is 7.61. The highest BCUT2D eigenvalue weighted by atomic mass is 16.6. The summed E-state index contributed by atoms with van der Waals surface area (Å²) >= 11 is 0. The number of amides is 1. The van der Waals surface area contributed by atoms with E-state index in [1.165, 1.54) is 0 Å². The topological polar surface area (TPSA) is 82.9 Å². The highest BCUT2D eigenvalue weighted by Gasteiger charge is 2.28. The first-order valence-electron chi connectivity index (χ1n) is 10.7. The molecule has 0 unspecified atom stereocenters. The molecule has 32 heavy (non-hydrogen) atoms. The predicted molar refractivity (Wildman–Crippen MR) is 121 cm³/mol. The molecule has 1 aliphatic heterocycles. The number of benzene rings is 2. The molecule has 1 amide bonds. The van der Waals surface area contributed by atoms with Crippen molar-refractivity contribution in [1.29, 1.82) is 0 Å². The quantitative estimate of drug-likeness (QED) is 0.603. The summed E-state index contributed by atoms with van der Waals surface area (Å²) in [5.41, 5.74) is 1.24. The molecule has 2 heterocycles. The number of hydrogen-bond donors (Lipinski definition) is 0. The maximum atomic E-state index is 13.6. The molecule has 168 valence electrons. The Morgan fingerprint density at radius 1 is 1.09 bits per heavy atom. The number of methoxy groups -OCH3 is 2. The lowest BCUT2D eigenvalue weighted by molar-refractivity contribution is 0.0925. The molecule has 0 N–H and O–H groups in total. The molecule has 0 atom stereocenters. The van der Waals surface area contributed by atoms with Crippen LogP contribution in [0.2, 0.25) is 0 Å². The van der Waals surface area contributed by atoms with E-state index < -0.39 is 0 Å². The zero-order valence-electron chi connectivity index (χ0n) is 18.5. The van der Waals surface area contributed by atoms with Crippen LogP contribution in [-0.2, 0) is 4.74 Å². The monoisotopic (exact) mass is 437 g/mol. The van der Waals surface area contributed by atoms with E-state index in [1.54, 1.807) is 42.7 Å². The number of carbonyl (C=O) groups excluding carboxylic acids is 1. The van der Waals surface area contributed by atoms with Gasteiger partial charge in [0.05, 0.1) is 37.3 Å². The molecule has 0 radical (unpaired) electrons. The van der Waals surface area contributed by atoms with Crippen LogP contribution in [0.4, 0.5) is 4.79 Å². The van der Waals surface area contributed by atoms with Crippen molar-refractivity contribution in [3.05, 3.63) is 52.8 Å². The minimum Gasteiger partial charge on any atom is -0.497 e. The van der Waals surface area contributed by atoms with Crippen molar-refractivity contribution in [3.63, 3.8) is 0 Å². The Bertz CT molecular complexity index is 1180. The second kappa shape index (κ2) is 9.30. The molecule has 1 aliphatic rings. The van der Waals surface area contributed by atoms with Gasteiger partial charge in [-0.05, 0) is 44.0 Å². The molecule has 1 saturated heterocycles. The molecule has 0 bridgehead atoms. The first kappa shape index (κ1) is 21.7. The van der Waals surface area contributed by atoms with Gasteiger partial charge in [0.25, 0.3) is 5.56 Å². The Labute approximate surface area is 186 Å². The van der Waals surface area contributed by atoms with E-state index in [9.17, 15) is 9.59 Å². The number of piperidine rings is 1. The third-order valence-electron chi connectivity index (χ3n) is 5.81. The minimum atomic E-state index is -0.313. The number of rotatable bonds is 5. The largest absolute Gasteiger partial charge is 0.497 e. The van der Waals surface area contributed by atoms with Crippen molar-refractivity contribution in [3.8, 4) is 22.9 Å². The van der Waals surface area contributed by atoms with Crippen molar-refractivity contribution in [2.45, 2.75) is 25.8 Å². The van der Waals surface area contributed by atoms with Gasteiger partial charge in [-0.1, -0.05) is 12.1 Å². The Morgan fingerprint density at radius 2 is 1.84 bits per heavy atom. The molecule has 8 nitrogen and oxygen atoms in total. The molecular formula is C24H27N3O5. The summed E-state index contributed by atoms with van der Waals surface area (Å²) in [6.07, 6.45) is 0.945. The number of para-hydroxylation sites is 1. The van der Waals surface area contributed by atoms with Gasteiger partial charge in [0.15, 0.2) is 0 Å². The number of fused-ring (bicyclic) bond motifs is 1. The van der Waals surface area contributed by atoms with Crippen molar-refractivity contribution >= 4 is 17.0 Å². The van der Waals surface area contributed by atoms with E-state index in [-0.39, 0.29) is 17.7 Å². The molecule has 1 fully saturated rings. The molecule has 4 rings (SSSR count). The first-order valence-corrected chi connectivity index (χ1v) is 10.7. The van der Waals surface area contributed by atoms with Gasteiger partial charge in [-0.25, -0.2) is 9.78 Å². The minimum absolute atomic E-state index is 0.0990. The molecule has 3 aromatic rings. The van der Waals surface area contributed by atoms with Crippen molar-refractivity contribution in [2.24, 2.45) is 0 Å². The highest BCUT2D eigenvalue weighted by Crippen LogP contribution is 2.35. The summed E-state index contributed by atoms with van der Waals surface area (Å²) in [5.74, 6) is 1.77. The third-order valence-corrected chi connectivity index (χ3v) is 5.81. The van der Waals surface area contributed by atoms with Gasteiger partial charge in [0.2, 0.25) is 0 Å². The van der Waals surface area contributed by atoms with Gasteiger partial charge in [0, 0.05) is 25.2 Å². The second-order valence-corrected chi connectivity index (χ2v) is 7.61. The molecule has 0 saturated carbocycles. The van der Waals surface area contributed by atoms with E-state index in [1.807, 2.05) is 30.3 Å². The molecule has 8 heteroatoms. The normalized spacial score (nSPS) is 14.4. The maximum Gasteiger partial charge on any atom is 0.409 e. The number of nitrogens with zero attached hydrogens (tertiary/aromatic N) is 3. The summed E-state index contributed by atoms with van der Waals surface area (Å²) < 4.78 is 17.8. The van der Waals surface area contributed by atoms with Crippen LogP contribution in [-0.4, -0.2) is 54.5 Å². The average Bonchev–Trinajstić information content (AvgIpc) is 2.84. The first-order chi connectivity index (χ1) is 15.6. The maximum absolute atomic E-state index is 13.6. The lowest BCUT2D eigenvalue weighted by atomic mass is 10.0. The van der Waals surface area contributed by atoms with Crippen LogP contribution in [0, 0.1) is 0 Å². The van der Waals surface area contributed by atoms with Gasteiger partial charge in [-0.2, -0.15) is 0 Å². The van der Waals surface area contributed by atoms with Crippen molar-refractivity contribution < 1.29 is 19.0 Å². The SMILES string of the molecule is CCOC(=O)N1CCC(n2c(-c3ccc(OC)cc3OC)nc3ccccc3c2=O)CC1. The number of ether oxygens (including phenoxy) is 3. The van der Waals surface area contributed by atoms with Gasteiger partial charge in [-0.15, -0.1) is 0 Å². The van der Waals surface area contributed by atoms with Gasteiger partial charge in [0.1, 0.15) is 17.3 Å². The molecule has 1 aromatic heterocycles. The van der Waals surface area contributed by atoms with Crippen LogP contribution < -0.4 is 15.0 Å². The molecule has 0 aliphatic carbocycles. The van der Waals surface area contributed by atoms with E-state index in [0.717, 1.165) is 0 Å². The summed E-state index contributed by atoms with van der Waals surface area (Å²) in [7, 11) is 3.18. The summed E-state index contributed by atoms with van der Waals surface area (Å²) in [6, 6.07) is 12.7. The van der Waals surface area contributed by atoms with E-state index in [2.05, 4.69) is 0 Å². The summed E-state index contributed by atoms with van der Waals surface area (Å²) in [5, 5.41) is 0.566. The molecule has 0 spiro atoms. The van der Waals surface area contributed by atoms with Crippen LogP contribution >= 0.6 is 0 Å². The van der Waals surface area contributed by atoms with Gasteiger partial charge >= 0.3 is 6.09 Å². The highest BCUT2D eigenvalue weighted by molar-refractivity contribution is 5.80. The third kappa shape index (κ3) is 4.00. The lowest BCUT2D eigenvalue weighted by Crippen LogP contribution is -2.41. The number of aromatic nitrogens is 2. The fraction of sp³-hybridized carbons (Fsp3) is 0.375. The predicted octanol–water partition coefficient (Wildman–Crippen LogP) is 3.87. The van der Waals surface area contributed by atoms with Gasteiger partial charge < -0.3 is 19.1 Å². The zero-order valence-corrected chi connectivity index (χ0v) is 18.5. The van der Waals surface area contributed by atoms with Crippen molar-refractivity contribution in [2.75, 3.05) is 33.9 Å².